The van der Waals surface area contributed by atoms with Crippen LogP contribution in [0.25, 0.3) is 22.4 Å². The summed E-state index contributed by atoms with van der Waals surface area (Å²) in [4.78, 5) is 21.3. The Hall–Kier alpha value is -3.05. The van der Waals surface area contributed by atoms with E-state index in [0.29, 0.717) is 5.52 Å². The van der Waals surface area contributed by atoms with E-state index in [1.54, 1.807) is 30.0 Å². The zero-order valence-electron chi connectivity index (χ0n) is 14.8. The summed E-state index contributed by atoms with van der Waals surface area (Å²) in [6.07, 6.45) is 1.05. The molecule has 0 spiro atoms. The summed E-state index contributed by atoms with van der Waals surface area (Å²) in [6, 6.07) is 21.7. The molecule has 134 valence electrons. The van der Waals surface area contributed by atoms with Gasteiger partial charge < -0.3 is 10.1 Å². The number of imidazole rings is 1. The summed E-state index contributed by atoms with van der Waals surface area (Å²) in [5, 5.41) is 9.11. The van der Waals surface area contributed by atoms with E-state index >= 15 is 0 Å². The molecule has 0 aliphatic carbocycles. The highest BCUT2D eigenvalue weighted by Gasteiger charge is 2.09. The van der Waals surface area contributed by atoms with E-state index in [9.17, 15) is 4.79 Å². The molecule has 27 heavy (non-hydrogen) atoms. The monoisotopic (exact) mass is 374 g/mol. The van der Waals surface area contributed by atoms with Crippen LogP contribution in [0.4, 0.5) is 0 Å². The van der Waals surface area contributed by atoms with Gasteiger partial charge in [-0.15, -0.1) is 0 Å². The quantitative estimate of drug-likeness (QED) is 0.474. The number of carboxylic acid groups (broad SMARTS) is 1. The first-order valence-corrected chi connectivity index (χ1v) is 9.54. The van der Waals surface area contributed by atoms with E-state index in [1.807, 2.05) is 12.1 Å². The van der Waals surface area contributed by atoms with Gasteiger partial charge in [0.05, 0.1) is 16.6 Å². The molecule has 5 heteroatoms. The summed E-state index contributed by atoms with van der Waals surface area (Å²) >= 11 is 1.72. The van der Waals surface area contributed by atoms with Crippen molar-refractivity contribution < 1.29 is 9.90 Å². The lowest BCUT2D eigenvalue weighted by molar-refractivity contribution is 0.0697. The van der Waals surface area contributed by atoms with Gasteiger partial charge in [-0.3, -0.25) is 0 Å². The van der Waals surface area contributed by atoms with Crippen molar-refractivity contribution in [1.29, 1.82) is 0 Å². The normalized spacial score (nSPS) is 11.0. The van der Waals surface area contributed by atoms with Crippen LogP contribution in [0, 0.1) is 0 Å². The molecule has 0 atom stereocenters. The van der Waals surface area contributed by atoms with E-state index in [4.69, 9.17) is 5.11 Å². The number of fused-ring (bicyclic) bond motifs is 1. The highest BCUT2D eigenvalue weighted by molar-refractivity contribution is 7.99. The summed E-state index contributed by atoms with van der Waals surface area (Å²) in [5.41, 5.74) is 4.02. The number of hydrogen-bond acceptors (Lipinski definition) is 3. The van der Waals surface area contributed by atoms with Crippen LogP contribution in [-0.4, -0.2) is 21.0 Å². The number of benzene rings is 3. The molecule has 4 rings (SSSR count). The van der Waals surface area contributed by atoms with Crippen molar-refractivity contribution in [2.24, 2.45) is 0 Å². The van der Waals surface area contributed by atoms with Crippen LogP contribution in [0.15, 0.2) is 76.5 Å². The fourth-order valence-corrected chi connectivity index (χ4v) is 3.70. The van der Waals surface area contributed by atoms with Gasteiger partial charge in [0.25, 0.3) is 0 Å². The molecule has 0 saturated heterocycles. The number of aryl methyl sites for hydroxylation is 1. The lowest BCUT2D eigenvalue weighted by Crippen LogP contribution is -1.94. The number of hydrogen-bond donors (Lipinski definition) is 2. The fraction of sp³-hybridized carbons (Fsp3) is 0.0909. The fourth-order valence-electron chi connectivity index (χ4n) is 2.89. The van der Waals surface area contributed by atoms with Crippen LogP contribution >= 0.6 is 11.8 Å². The molecule has 0 aliphatic heterocycles. The second kappa shape index (κ2) is 7.29. The molecule has 4 aromatic rings. The molecule has 1 aromatic heterocycles. The summed E-state index contributed by atoms with van der Waals surface area (Å²) in [7, 11) is 0. The molecule has 4 nitrogen and oxygen atoms in total. The third-order valence-electron chi connectivity index (χ3n) is 4.43. The zero-order chi connectivity index (χ0) is 18.8. The molecule has 3 aromatic carbocycles. The SMILES string of the molecule is CCc1ccc(Sc2ccc(-c3nc4cc(C(=O)O)ccc4[nH]3)cc2)cc1. The third kappa shape index (κ3) is 3.73. The van der Waals surface area contributed by atoms with Crippen LogP contribution in [0.5, 0.6) is 0 Å². The molecule has 2 N–H and O–H groups in total. The summed E-state index contributed by atoms with van der Waals surface area (Å²) in [5.74, 6) is -0.216. The standard InChI is InChI=1S/C22H18N2O2S/c1-2-14-3-8-17(9-4-14)27-18-10-5-15(6-11-18)21-23-19-12-7-16(22(25)26)13-20(19)24-21/h3-13H,2H2,1H3,(H,23,24)(H,25,26). The van der Waals surface area contributed by atoms with Crippen LogP contribution in [0.3, 0.4) is 0 Å². The Morgan fingerprint density at radius 1 is 1.00 bits per heavy atom. The molecule has 0 fully saturated rings. The van der Waals surface area contributed by atoms with Crippen LogP contribution in [0.1, 0.15) is 22.8 Å². The van der Waals surface area contributed by atoms with E-state index in [-0.39, 0.29) is 5.56 Å². The van der Waals surface area contributed by atoms with E-state index in [1.165, 1.54) is 10.5 Å². The predicted molar refractivity (Wildman–Crippen MR) is 108 cm³/mol. The largest absolute Gasteiger partial charge is 0.478 e. The number of nitrogens with one attached hydrogen (secondary N) is 1. The number of carbonyl (C=O) groups is 1. The Bertz CT molecular complexity index is 1100. The molecule has 0 saturated carbocycles. The molecule has 0 radical (unpaired) electrons. The zero-order valence-corrected chi connectivity index (χ0v) is 15.6. The minimum Gasteiger partial charge on any atom is -0.478 e. The van der Waals surface area contributed by atoms with Gasteiger partial charge in [0.2, 0.25) is 0 Å². The Kier molecular flexibility index (Phi) is 4.69. The molecule has 1 heterocycles. The van der Waals surface area contributed by atoms with Gasteiger partial charge in [-0.1, -0.05) is 43.0 Å². The van der Waals surface area contributed by atoms with Crippen molar-refractivity contribution in [1.82, 2.24) is 9.97 Å². The highest BCUT2D eigenvalue weighted by atomic mass is 32.2. The number of nitrogens with zero attached hydrogens (tertiary/aromatic N) is 1. The topological polar surface area (TPSA) is 66.0 Å². The maximum atomic E-state index is 11.1. The number of rotatable bonds is 5. The molecular formula is C22H18N2O2S. The lowest BCUT2D eigenvalue weighted by Gasteiger charge is -2.04. The average Bonchev–Trinajstić information content (AvgIpc) is 3.12. The van der Waals surface area contributed by atoms with Crippen molar-refractivity contribution in [3.8, 4) is 11.4 Å². The Morgan fingerprint density at radius 3 is 2.30 bits per heavy atom. The molecular weight excluding hydrogens is 356 g/mol. The van der Waals surface area contributed by atoms with Crippen molar-refractivity contribution in [2.45, 2.75) is 23.1 Å². The second-order valence-corrected chi connectivity index (χ2v) is 7.39. The van der Waals surface area contributed by atoms with Gasteiger partial charge in [-0.2, -0.15) is 0 Å². The molecule has 0 aliphatic rings. The Balaban J connectivity index is 1.56. The number of aromatic carboxylic acids is 1. The van der Waals surface area contributed by atoms with Crippen LogP contribution in [-0.2, 0) is 6.42 Å². The van der Waals surface area contributed by atoms with Gasteiger partial charge in [0, 0.05) is 15.4 Å². The molecule has 0 amide bonds. The first-order valence-electron chi connectivity index (χ1n) is 8.72. The first-order chi connectivity index (χ1) is 13.1. The minimum atomic E-state index is -0.949. The van der Waals surface area contributed by atoms with Crippen LogP contribution < -0.4 is 0 Å². The number of H-pyrrole nitrogens is 1. The van der Waals surface area contributed by atoms with Crippen molar-refractivity contribution in [2.75, 3.05) is 0 Å². The summed E-state index contributed by atoms with van der Waals surface area (Å²) in [6.45, 7) is 2.15. The van der Waals surface area contributed by atoms with E-state index < -0.39 is 5.97 Å². The minimum absolute atomic E-state index is 0.237. The maximum absolute atomic E-state index is 11.1. The average molecular weight is 374 g/mol. The van der Waals surface area contributed by atoms with Crippen molar-refractivity contribution in [3.05, 3.63) is 77.9 Å². The Morgan fingerprint density at radius 2 is 1.67 bits per heavy atom. The number of carboxylic acids is 1. The predicted octanol–water partition coefficient (Wildman–Crippen LogP) is 5.64. The maximum Gasteiger partial charge on any atom is 0.335 e. The first kappa shape index (κ1) is 17.4. The molecule has 0 bridgehead atoms. The third-order valence-corrected chi connectivity index (χ3v) is 5.44. The van der Waals surface area contributed by atoms with Crippen molar-refractivity contribution in [3.63, 3.8) is 0 Å². The van der Waals surface area contributed by atoms with E-state index in [2.05, 4.69) is 53.3 Å². The van der Waals surface area contributed by atoms with Gasteiger partial charge >= 0.3 is 5.97 Å². The number of aromatic amines is 1. The van der Waals surface area contributed by atoms with Gasteiger partial charge in [-0.25, -0.2) is 9.78 Å². The van der Waals surface area contributed by atoms with Crippen molar-refractivity contribution >= 4 is 28.8 Å². The lowest BCUT2D eigenvalue weighted by atomic mass is 10.2. The van der Waals surface area contributed by atoms with Crippen LogP contribution in [0.2, 0.25) is 0 Å². The molecule has 0 unspecified atom stereocenters. The summed E-state index contributed by atoms with van der Waals surface area (Å²) < 4.78 is 0. The Labute approximate surface area is 161 Å². The second-order valence-electron chi connectivity index (χ2n) is 6.25. The number of aromatic nitrogens is 2. The highest BCUT2D eigenvalue weighted by Crippen LogP contribution is 2.30. The smallest absolute Gasteiger partial charge is 0.335 e. The van der Waals surface area contributed by atoms with Gasteiger partial charge in [0.1, 0.15) is 5.82 Å². The van der Waals surface area contributed by atoms with Gasteiger partial charge in [0.15, 0.2) is 0 Å². The van der Waals surface area contributed by atoms with E-state index in [0.717, 1.165) is 28.2 Å². The van der Waals surface area contributed by atoms with Gasteiger partial charge in [-0.05, 0) is 54.4 Å².